The second-order valence-electron chi connectivity index (χ2n) is 7.46. The van der Waals surface area contributed by atoms with Crippen molar-refractivity contribution in [2.75, 3.05) is 31.3 Å². The Hall–Kier alpha value is -4.02. The summed E-state index contributed by atoms with van der Waals surface area (Å²) in [5.74, 6) is 0.588. The summed E-state index contributed by atoms with van der Waals surface area (Å²) >= 11 is 0. The van der Waals surface area contributed by atoms with Crippen molar-refractivity contribution in [3.63, 3.8) is 0 Å². The third-order valence-electron chi connectivity index (χ3n) is 5.25. The molecule has 1 amide bonds. The molecule has 0 aliphatic rings. The molecule has 0 bridgehead atoms. The van der Waals surface area contributed by atoms with Gasteiger partial charge in [0.25, 0.3) is 6.01 Å². The lowest BCUT2D eigenvalue weighted by Gasteiger charge is -2.05. The highest BCUT2D eigenvalue weighted by Gasteiger charge is 2.18. The molecule has 4 aromatic rings. The van der Waals surface area contributed by atoms with E-state index in [4.69, 9.17) is 9.52 Å². The number of carbonyl (C=O) groups is 2. The minimum absolute atomic E-state index is 0.106. The van der Waals surface area contributed by atoms with Gasteiger partial charge in [-0.05, 0) is 31.0 Å². The van der Waals surface area contributed by atoms with Gasteiger partial charge in [-0.2, -0.15) is 10.1 Å². The van der Waals surface area contributed by atoms with Crippen LogP contribution in [0.15, 0.2) is 28.9 Å². The van der Waals surface area contributed by atoms with E-state index in [0.717, 1.165) is 46.9 Å². The Morgan fingerprint density at radius 3 is 2.85 bits per heavy atom. The van der Waals surface area contributed by atoms with Gasteiger partial charge in [0, 0.05) is 45.6 Å². The normalized spacial score (nSPS) is 11.1. The van der Waals surface area contributed by atoms with Crippen molar-refractivity contribution in [2.45, 2.75) is 32.2 Å². The van der Waals surface area contributed by atoms with Gasteiger partial charge < -0.3 is 25.2 Å². The molecule has 0 aliphatic carbocycles. The Labute approximate surface area is 190 Å². The third-order valence-corrected chi connectivity index (χ3v) is 5.25. The van der Waals surface area contributed by atoms with Crippen molar-refractivity contribution < 1.29 is 14.0 Å². The van der Waals surface area contributed by atoms with E-state index >= 15 is 0 Å². The van der Waals surface area contributed by atoms with E-state index in [1.807, 2.05) is 29.9 Å². The standard InChI is InChI=1S/C22H26N8O3/c1-23-20-18-19(14-7-8-16-15(12-14)28-22(24-2)33-16)29-30(21(18)27-13-26-20)10-4-3-9-25-17(32)6-5-11-31/h7-8,11-13H,3-6,9-10H2,1-2H3,(H,24,28)(H,25,32)(H,23,26,27). The zero-order valence-electron chi connectivity index (χ0n) is 18.6. The Kier molecular flexibility index (Phi) is 6.77. The first-order valence-electron chi connectivity index (χ1n) is 10.8. The Balaban J connectivity index is 1.56. The van der Waals surface area contributed by atoms with Crippen LogP contribution < -0.4 is 16.0 Å². The number of anilines is 2. The molecule has 1 aromatic carbocycles. The van der Waals surface area contributed by atoms with Crippen molar-refractivity contribution >= 4 is 46.2 Å². The molecule has 0 spiro atoms. The molecule has 0 unspecified atom stereocenters. The van der Waals surface area contributed by atoms with Gasteiger partial charge in [-0.3, -0.25) is 4.79 Å². The number of aromatic nitrogens is 5. The number of unbranched alkanes of at least 4 members (excludes halogenated alkanes) is 1. The smallest absolute Gasteiger partial charge is 0.295 e. The molecule has 0 radical (unpaired) electrons. The number of aryl methyl sites for hydroxylation is 1. The summed E-state index contributed by atoms with van der Waals surface area (Å²) in [5, 5.41) is 14.5. The number of nitrogens with zero attached hydrogens (tertiary/aromatic N) is 5. The summed E-state index contributed by atoms with van der Waals surface area (Å²) in [7, 11) is 3.57. The monoisotopic (exact) mass is 450 g/mol. The number of amides is 1. The van der Waals surface area contributed by atoms with Crippen LogP contribution >= 0.6 is 0 Å². The predicted octanol–water partition coefficient (Wildman–Crippen LogP) is 2.59. The van der Waals surface area contributed by atoms with Crippen LogP contribution in [0.4, 0.5) is 11.8 Å². The molecule has 172 valence electrons. The first-order valence-corrected chi connectivity index (χ1v) is 10.8. The van der Waals surface area contributed by atoms with Crippen molar-refractivity contribution in [1.29, 1.82) is 0 Å². The van der Waals surface area contributed by atoms with Gasteiger partial charge in [0.05, 0.1) is 5.39 Å². The molecule has 11 nitrogen and oxygen atoms in total. The average molecular weight is 451 g/mol. The van der Waals surface area contributed by atoms with E-state index in [1.54, 1.807) is 7.05 Å². The first-order chi connectivity index (χ1) is 16.1. The molecule has 4 rings (SSSR count). The van der Waals surface area contributed by atoms with E-state index in [-0.39, 0.29) is 18.7 Å². The summed E-state index contributed by atoms with van der Waals surface area (Å²) < 4.78 is 7.50. The van der Waals surface area contributed by atoms with Crippen LogP contribution in [0.3, 0.4) is 0 Å². The van der Waals surface area contributed by atoms with Gasteiger partial charge >= 0.3 is 0 Å². The number of oxazole rings is 1. The summed E-state index contributed by atoms with van der Waals surface area (Å²) in [6, 6.07) is 6.21. The third kappa shape index (κ3) is 4.76. The molecule has 11 heteroatoms. The molecule has 3 N–H and O–H groups in total. The maximum atomic E-state index is 11.6. The lowest BCUT2D eigenvalue weighted by atomic mass is 10.1. The van der Waals surface area contributed by atoms with Crippen molar-refractivity contribution in [1.82, 2.24) is 30.0 Å². The van der Waals surface area contributed by atoms with Gasteiger partial charge in [0.1, 0.15) is 29.6 Å². The number of hydrogen-bond donors (Lipinski definition) is 3. The molecular weight excluding hydrogens is 424 g/mol. The van der Waals surface area contributed by atoms with E-state index in [0.29, 0.717) is 30.5 Å². The van der Waals surface area contributed by atoms with Crippen LogP contribution in [-0.2, 0) is 16.1 Å². The summed E-state index contributed by atoms with van der Waals surface area (Å²) in [6.07, 6.45) is 4.33. The van der Waals surface area contributed by atoms with Crippen molar-refractivity contribution in [3.05, 3.63) is 24.5 Å². The highest BCUT2D eigenvalue weighted by Crippen LogP contribution is 2.33. The SMILES string of the molecule is CNc1nc2cc(-c3nn(CCCCNC(=O)CCC=O)c4ncnc(NC)c34)ccc2o1. The second kappa shape index (κ2) is 10.1. The van der Waals surface area contributed by atoms with Gasteiger partial charge in [0.15, 0.2) is 11.2 Å². The quantitative estimate of drug-likeness (QED) is 0.232. The maximum Gasteiger partial charge on any atom is 0.295 e. The van der Waals surface area contributed by atoms with Crippen molar-refractivity contribution in [2.24, 2.45) is 0 Å². The zero-order chi connectivity index (χ0) is 23.2. The molecule has 0 aliphatic heterocycles. The van der Waals surface area contributed by atoms with E-state index in [2.05, 4.69) is 30.9 Å². The number of rotatable bonds is 11. The Morgan fingerprint density at radius 1 is 1.18 bits per heavy atom. The minimum atomic E-state index is -0.106. The molecular formula is C22H26N8O3. The van der Waals surface area contributed by atoms with Gasteiger partial charge in [-0.1, -0.05) is 0 Å². The zero-order valence-corrected chi connectivity index (χ0v) is 18.6. The number of benzene rings is 1. The maximum absolute atomic E-state index is 11.6. The number of fused-ring (bicyclic) bond motifs is 2. The highest BCUT2D eigenvalue weighted by molar-refractivity contribution is 6.00. The first kappa shape index (κ1) is 22.2. The van der Waals surface area contributed by atoms with Gasteiger partial charge in [-0.25, -0.2) is 14.6 Å². The van der Waals surface area contributed by atoms with E-state index < -0.39 is 0 Å². The van der Waals surface area contributed by atoms with Crippen LogP contribution in [-0.4, -0.2) is 57.6 Å². The number of hydrogen-bond acceptors (Lipinski definition) is 9. The molecule has 0 saturated carbocycles. The number of aldehydes is 1. The number of nitrogens with one attached hydrogen (secondary N) is 3. The van der Waals surface area contributed by atoms with Crippen LogP contribution in [0.25, 0.3) is 33.4 Å². The van der Waals surface area contributed by atoms with Gasteiger partial charge in [-0.15, -0.1) is 0 Å². The van der Waals surface area contributed by atoms with E-state index in [9.17, 15) is 9.59 Å². The number of carbonyl (C=O) groups excluding carboxylic acids is 2. The summed E-state index contributed by atoms with van der Waals surface area (Å²) in [4.78, 5) is 35.3. The van der Waals surface area contributed by atoms with Crippen LogP contribution in [0.2, 0.25) is 0 Å². The lowest BCUT2D eigenvalue weighted by molar-refractivity contribution is -0.122. The van der Waals surface area contributed by atoms with Gasteiger partial charge in [0.2, 0.25) is 5.91 Å². The topological polar surface area (TPSA) is 140 Å². The molecule has 33 heavy (non-hydrogen) atoms. The molecule has 3 aromatic heterocycles. The average Bonchev–Trinajstić information content (AvgIpc) is 3.43. The molecule has 3 heterocycles. The van der Waals surface area contributed by atoms with Crippen LogP contribution in [0.5, 0.6) is 0 Å². The fraction of sp³-hybridized carbons (Fsp3) is 0.364. The molecule has 0 atom stereocenters. The van der Waals surface area contributed by atoms with Crippen molar-refractivity contribution in [3.8, 4) is 11.3 Å². The summed E-state index contributed by atoms with van der Waals surface area (Å²) in [6.45, 7) is 1.19. The minimum Gasteiger partial charge on any atom is -0.424 e. The largest absolute Gasteiger partial charge is 0.424 e. The Bertz CT molecular complexity index is 1280. The predicted molar refractivity (Wildman–Crippen MR) is 125 cm³/mol. The van der Waals surface area contributed by atoms with Crippen LogP contribution in [0, 0.1) is 0 Å². The fourth-order valence-corrected chi connectivity index (χ4v) is 3.63. The lowest BCUT2D eigenvalue weighted by Crippen LogP contribution is -2.24. The fourth-order valence-electron chi connectivity index (χ4n) is 3.63. The van der Waals surface area contributed by atoms with E-state index in [1.165, 1.54) is 6.33 Å². The Morgan fingerprint density at radius 2 is 2.06 bits per heavy atom. The second-order valence-corrected chi connectivity index (χ2v) is 7.46. The molecule has 0 fully saturated rings. The highest BCUT2D eigenvalue weighted by atomic mass is 16.4. The molecule has 0 saturated heterocycles. The van der Waals surface area contributed by atoms with Crippen LogP contribution in [0.1, 0.15) is 25.7 Å². The summed E-state index contributed by atoms with van der Waals surface area (Å²) in [5.41, 5.74) is 3.79.